The maximum absolute atomic E-state index is 13.7. The number of hydrogen-bond acceptors (Lipinski definition) is 4. The van der Waals surface area contributed by atoms with Gasteiger partial charge in [0, 0.05) is 0 Å². The summed E-state index contributed by atoms with van der Waals surface area (Å²) in [6.45, 7) is 3.80. The summed E-state index contributed by atoms with van der Waals surface area (Å²) in [5, 5.41) is 2.94. The van der Waals surface area contributed by atoms with Gasteiger partial charge in [-0.2, -0.15) is 0 Å². The summed E-state index contributed by atoms with van der Waals surface area (Å²) >= 11 is 0. The summed E-state index contributed by atoms with van der Waals surface area (Å²) in [5.41, 5.74) is -0.194. The van der Waals surface area contributed by atoms with E-state index in [1.165, 1.54) is 7.11 Å². The number of hydrogen-bond donors (Lipinski definition) is 1. The quantitative estimate of drug-likeness (QED) is 0.617. The van der Waals surface area contributed by atoms with Gasteiger partial charge in [-0.25, -0.2) is 4.39 Å². The molecule has 1 rings (SSSR count). The van der Waals surface area contributed by atoms with Gasteiger partial charge in [-0.05, 0) is 45.4 Å². The van der Waals surface area contributed by atoms with Gasteiger partial charge in [-0.3, -0.25) is 4.79 Å². The summed E-state index contributed by atoms with van der Waals surface area (Å²) in [6.07, 6.45) is 1.16. The molecule has 4 nitrogen and oxygen atoms in total. The second-order valence-corrected chi connectivity index (χ2v) is 4.91. The Balaban J connectivity index is 2.49. The highest BCUT2D eigenvalue weighted by atomic mass is 19.1. The number of benzene rings is 1. The average Bonchev–Trinajstić information content (AvgIpc) is 2.46. The Kier molecular flexibility index (Phi) is 5.95. The lowest BCUT2D eigenvalue weighted by molar-refractivity contribution is -0.148. The van der Waals surface area contributed by atoms with E-state index in [-0.39, 0.29) is 17.5 Å². The predicted octanol–water partition coefficient (Wildman–Crippen LogP) is 2.44. The Bertz CT molecular complexity index is 464. The van der Waals surface area contributed by atoms with E-state index in [0.29, 0.717) is 25.0 Å². The predicted molar refractivity (Wildman–Crippen MR) is 75.3 cm³/mol. The molecule has 1 aromatic rings. The zero-order chi connectivity index (χ0) is 15.2. The molecule has 1 atom stereocenters. The van der Waals surface area contributed by atoms with E-state index in [1.807, 2.05) is 0 Å². The van der Waals surface area contributed by atoms with E-state index in [1.54, 1.807) is 39.1 Å². The highest BCUT2D eigenvalue weighted by Crippen LogP contribution is 2.20. The van der Waals surface area contributed by atoms with E-state index in [9.17, 15) is 9.18 Å². The Morgan fingerprint density at radius 3 is 2.75 bits per heavy atom. The monoisotopic (exact) mass is 283 g/mol. The molecule has 0 saturated carbocycles. The minimum Gasteiger partial charge on any atom is -0.491 e. The maximum atomic E-state index is 13.7. The molecule has 112 valence electrons. The molecule has 1 unspecified atom stereocenters. The lowest BCUT2D eigenvalue weighted by atomic mass is 9.96. The normalized spacial score (nSPS) is 13.7. The zero-order valence-corrected chi connectivity index (χ0v) is 12.5. The molecule has 0 aromatic heterocycles. The van der Waals surface area contributed by atoms with Crippen LogP contribution in [0.2, 0.25) is 0 Å². The first-order valence-corrected chi connectivity index (χ1v) is 6.60. The molecule has 0 spiro atoms. The van der Waals surface area contributed by atoms with Crippen molar-refractivity contribution in [1.82, 2.24) is 5.32 Å². The van der Waals surface area contributed by atoms with Crippen molar-refractivity contribution in [2.75, 3.05) is 20.8 Å². The van der Waals surface area contributed by atoms with Crippen molar-refractivity contribution in [2.24, 2.45) is 0 Å². The molecule has 1 aromatic carbocycles. The van der Waals surface area contributed by atoms with Gasteiger partial charge >= 0.3 is 5.97 Å². The largest absolute Gasteiger partial charge is 0.491 e. The molecule has 0 aliphatic carbocycles. The molecule has 0 aliphatic rings. The summed E-state index contributed by atoms with van der Waals surface area (Å²) in [7, 11) is 3.06. The first-order valence-electron chi connectivity index (χ1n) is 6.60. The zero-order valence-electron chi connectivity index (χ0n) is 12.5. The van der Waals surface area contributed by atoms with Crippen molar-refractivity contribution < 1.29 is 18.7 Å². The fourth-order valence-electron chi connectivity index (χ4n) is 1.89. The summed E-state index contributed by atoms with van der Waals surface area (Å²) in [6, 6.07) is 5.04. The summed E-state index contributed by atoms with van der Waals surface area (Å²) in [4.78, 5) is 11.6. The second kappa shape index (κ2) is 7.24. The molecular formula is C15H22FNO3. The summed E-state index contributed by atoms with van der Waals surface area (Å²) < 4.78 is 23.9. The third-order valence-corrected chi connectivity index (χ3v) is 3.42. The van der Waals surface area contributed by atoms with E-state index in [4.69, 9.17) is 9.47 Å². The van der Waals surface area contributed by atoms with Gasteiger partial charge in [-0.1, -0.05) is 12.1 Å². The van der Waals surface area contributed by atoms with Gasteiger partial charge in [0.15, 0.2) is 11.6 Å². The second-order valence-electron chi connectivity index (χ2n) is 4.91. The summed E-state index contributed by atoms with van der Waals surface area (Å²) in [5.74, 6) is -0.409. The molecule has 0 bridgehead atoms. The molecule has 0 radical (unpaired) electrons. The maximum Gasteiger partial charge on any atom is 0.325 e. The molecule has 20 heavy (non-hydrogen) atoms. The van der Waals surface area contributed by atoms with Gasteiger partial charge in [-0.15, -0.1) is 0 Å². The number of aryl methyl sites for hydroxylation is 1. The van der Waals surface area contributed by atoms with Gasteiger partial charge < -0.3 is 14.8 Å². The van der Waals surface area contributed by atoms with Crippen LogP contribution in [0.3, 0.4) is 0 Å². The topological polar surface area (TPSA) is 47.6 Å². The molecular weight excluding hydrogens is 261 g/mol. The van der Waals surface area contributed by atoms with Crippen molar-refractivity contribution in [3.05, 3.63) is 29.6 Å². The molecule has 0 aliphatic heterocycles. The van der Waals surface area contributed by atoms with Crippen LogP contribution in [-0.4, -0.2) is 32.3 Å². The van der Waals surface area contributed by atoms with Crippen LogP contribution in [0.15, 0.2) is 18.2 Å². The highest BCUT2D eigenvalue weighted by molar-refractivity contribution is 5.80. The van der Waals surface area contributed by atoms with Gasteiger partial charge in [0.25, 0.3) is 0 Å². The van der Waals surface area contributed by atoms with Crippen molar-refractivity contribution in [2.45, 2.75) is 32.2 Å². The lowest BCUT2D eigenvalue weighted by Crippen LogP contribution is -2.48. The number of ether oxygens (including phenoxy) is 2. The number of rotatable bonds is 7. The third kappa shape index (κ3) is 3.93. The number of carbonyl (C=O) groups excluding carboxylic acids is 1. The number of methoxy groups -OCH3 is 1. The first kappa shape index (κ1) is 16.4. The van der Waals surface area contributed by atoms with Crippen LogP contribution in [0.25, 0.3) is 0 Å². The molecule has 0 fully saturated rings. The Hall–Kier alpha value is -1.62. The fourth-order valence-corrected chi connectivity index (χ4v) is 1.89. The Labute approximate surface area is 119 Å². The van der Waals surface area contributed by atoms with E-state index in [0.717, 1.165) is 0 Å². The number of carbonyl (C=O) groups is 1. The smallest absolute Gasteiger partial charge is 0.325 e. The van der Waals surface area contributed by atoms with Gasteiger partial charge in [0.05, 0.1) is 13.7 Å². The van der Waals surface area contributed by atoms with Crippen molar-refractivity contribution in [3.8, 4) is 5.75 Å². The van der Waals surface area contributed by atoms with Crippen LogP contribution < -0.4 is 10.1 Å². The lowest BCUT2D eigenvalue weighted by Gasteiger charge is -2.25. The van der Waals surface area contributed by atoms with Crippen molar-refractivity contribution in [1.29, 1.82) is 0 Å². The van der Waals surface area contributed by atoms with E-state index < -0.39 is 5.54 Å². The van der Waals surface area contributed by atoms with Crippen LogP contribution in [0.5, 0.6) is 5.75 Å². The third-order valence-electron chi connectivity index (χ3n) is 3.42. The van der Waals surface area contributed by atoms with Crippen molar-refractivity contribution >= 4 is 5.97 Å². The molecule has 5 heteroatoms. The Morgan fingerprint density at radius 2 is 2.15 bits per heavy atom. The van der Waals surface area contributed by atoms with Crippen LogP contribution >= 0.6 is 0 Å². The van der Waals surface area contributed by atoms with Crippen LogP contribution in [0.1, 0.15) is 25.3 Å². The fraction of sp³-hybridized carbons (Fsp3) is 0.533. The number of nitrogens with one attached hydrogen (secondary N) is 1. The van der Waals surface area contributed by atoms with Crippen LogP contribution in [0, 0.1) is 12.7 Å². The average molecular weight is 283 g/mol. The van der Waals surface area contributed by atoms with E-state index >= 15 is 0 Å². The van der Waals surface area contributed by atoms with Gasteiger partial charge in [0.1, 0.15) is 5.54 Å². The number of halogens is 1. The SMILES string of the molecule is CNC(C)(CCCOc1cccc(C)c1F)C(=O)OC. The van der Waals surface area contributed by atoms with Crippen LogP contribution in [-0.2, 0) is 9.53 Å². The highest BCUT2D eigenvalue weighted by Gasteiger charge is 2.31. The molecule has 0 amide bonds. The van der Waals surface area contributed by atoms with E-state index in [2.05, 4.69) is 5.32 Å². The molecule has 0 heterocycles. The minimum absolute atomic E-state index is 0.245. The number of esters is 1. The standard InChI is InChI=1S/C15H22FNO3/c1-11-7-5-8-12(13(11)16)20-10-6-9-15(2,17-3)14(18)19-4/h5,7-8,17H,6,9-10H2,1-4H3. The van der Waals surface area contributed by atoms with Gasteiger partial charge in [0.2, 0.25) is 0 Å². The first-order chi connectivity index (χ1) is 9.44. The molecule has 1 N–H and O–H groups in total. The van der Waals surface area contributed by atoms with Crippen molar-refractivity contribution in [3.63, 3.8) is 0 Å². The minimum atomic E-state index is -0.747. The number of likely N-dealkylation sites (N-methyl/N-ethyl adjacent to an activating group) is 1. The Morgan fingerprint density at radius 1 is 1.45 bits per heavy atom. The molecule has 0 saturated heterocycles. The van der Waals surface area contributed by atoms with Crippen LogP contribution in [0.4, 0.5) is 4.39 Å².